The van der Waals surface area contributed by atoms with Gasteiger partial charge in [0.2, 0.25) is 5.88 Å². The fourth-order valence-electron chi connectivity index (χ4n) is 2.91. The third-order valence-electron chi connectivity index (χ3n) is 4.24. The molecule has 1 atom stereocenters. The second-order valence-electron chi connectivity index (χ2n) is 5.76. The maximum Gasteiger partial charge on any atom is 0.227 e. The van der Waals surface area contributed by atoms with E-state index >= 15 is 0 Å². The number of hydrogen-bond donors (Lipinski definition) is 1. The van der Waals surface area contributed by atoms with E-state index in [1.165, 1.54) is 12.1 Å². The van der Waals surface area contributed by atoms with Gasteiger partial charge in [-0.25, -0.2) is 4.39 Å². The lowest BCUT2D eigenvalue weighted by atomic mass is 10.1. The third kappa shape index (κ3) is 2.73. The molecule has 4 rings (SSSR count). The van der Waals surface area contributed by atoms with E-state index in [2.05, 4.69) is 4.99 Å². The molecule has 0 spiro atoms. The first kappa shape index (κ1) is 16.6. The van der Waals surface area contributed by atoms with E-state index < -0.39 is 12.0 Å². The van der Waals surface area contributed by atoms with Gasteiger partial charge in [0, 0.05) is 11.3 Å². The Bertz CT molecular complexity index is 985. The molecule has 1 unspecified atom stereocenters. The Labute approximate surface area is 154 Å². The van der Waals surface area contributed by atoms with Gasteiger partial charge in [0.1, 0.15) is 23.6 Å². The van der Waals surface area contributed by atoms with Crippen LogP contribution in [0.15, 0.2) is 64.2 Å². The molecule has 2 aromatic carbocycles. The van der Waals surface area contributed by atoms with Crippen LogP contribution in [-0.2, 0) is 0 Å². The molecule has 0 saturated carbocycles. The molecule has 0 amide bonds. The summed E-state index contributed by atoms with van der Waals surface area (Å²) < 4.78 is 24.3. The molecular formula is C19H15ClFN3O2. The number of furan rings is 1. The van der Waals surface area contributed by atoms with Gasteiger partial charge in [-0.05, 0) is 48.5 Å². The van der Waals surface area contributed by atoms with Gasteiger partial charge in [0.25, 0.3) is 0 Å². The van der Waals surface area contributed by atoms with Gasteiger partial charge in [-0.2, -0.15) is 4.99 Å². The van der Waals surface area contributed by atoms with Crippen LogP contribution in [0.4, 0.5) is 16.0 Å². The number of halogens is 2. The number of rotatable bonds is 3. The minimum Gasteiger partial charge on any atom is -0.497 e. The molecule has 3 aromatic rings. The van der Waals surface area contributed by atoms with Gasteiger partial charge in [0.05, 0.1) is 24.0 Å². The second kappa shape index (κ2) is 6.48. The van der Waals surface area contributed by atoms with Gasteiger partial charge in [-0.3, -0.25) is 0 Å². The lowest BCUT2D eigenvalue weighted by Gasteiger charge is -2.34. The molecule has 0 saturated heterocycles. The summed E-state index contributed by atoms with van der Waals surface area (Å²) in [5, 5.41) is 0.0155. The number of nitrogens with zero attached hydrogens (tertiary/aromatic N) is 2. The molecule has 1 aliphatic rings. The summed E-state index contributed by atoms with van der Waals surface area (Å²) in [6.45, 7) is 0. The topological polar surface area (TPSA) is 64.0 Å². The van der Waals surface area contributed by atoms with E-state index in [4.69, 9.17) is 26.5 Å². The van der Waals surface area contributed by atoms with Gasteiger partial charge < -0.3 is 19.8 Å². The number of aliphatic imine (C=N–C) groups is 1. The van der Waals surface area contributed by atoms with E-state index in [1.807, 2.05) is 24.3 Å². The number of amidine groups is 1. The Hall–Kier alpha value is -2.83. The molecule has 5 nitrogen and oxygen atoms in total. The zero-order chi connectivity index (χ0) is 18.3. The highest BCUT2D eigenvalue weighted by Gasteiger charge is 2.31. The molecule has 2 N–H and O–H groups in total. The number of anilines is 1. The number of benzene rings is 2. The van der Waals surface area contributed by atoms with E-state index in [-0.39, 0.29) is 5.02 Å². The molecule has 1 aromatic heterocycles. The highest BCUT2D eigenvalue weighted by atomic mass is 35.5. The fraction of sp³-hybridized carbons (Fsp3) is 0.105. The number of nitrogens with two attached hydrogens (primary N) is 1. The highest BCUT2D eigenvalue weighted by molar-refractivity contribution is 6.31. The summed E-state index contributed by atoms with van der Waals surface area (Å²) in [6, 6.07) is 13.6. The lowest BCUT2D eigenvalue weighted by molar-refractivity contribution is 0.415. The summed E-state index contributed by atoms with van der Waals surface area (Å²) in [4.78, 5) is 6.41. The predicted molar refractivity (Wildman–Crippen MR) is 98.7 cm³/mol. The van der Waals surface area contributed by atoms with Crippen molar-refractivity contribution in [3.8, 4) is 5.75 Å². The smallest absolute Gasteiger partial charge is 0.227 e. The molecule has 0 fully saturated rings. The van der Waals surface area contributed by atoms with Crippen molar-refractivity contribution in [3.63, 3.8) is 0 Å². The standard InChI is InChI=1S/C19H15ClFN3O2/c1-25-13-5-2-11(3-6-13)18-23-19-14(8-9-26-19)17(22)24(18)12-4-7-16(21)15(20)10-12/h2-10,17H,22H2,1H3. The first-order valence-corrected chi connectivity index (χ1v) is 8.26. The van der Waals surface area contributed by atoms with Gasteiger partial charge in [-0.1, -0.05) is 11.6 Å². The molecule has 132 valence electrons. The van der Waals surface area contributed by atoms with Crippen molar-refractivity contribution < 1.29 is 13.5 Å². The van der Waals surface area contributed by atoms with Crippen molar-refractivity contribution in [1.82, 2.24) is 0 Å². The maximum absolute atomic E-state index is 13.6. The number of ether oxygens (including phenoxy) is 1. The largest absolute Gasteiger partial charge is 0.497 e. The maximum atomic E-state index is 13.6. The number of hydrogen-bond acceptors (Lipinski definition) is 5. The molecule has 1 aliphatic heterocycles. The van der Waals surface area contributed by atoms with Crippen molar-refractivity contribution in [2.24, 2.45) is 10.7 Å². The Balaban J connectivity index is 1.87. The zero-order valence-corrected chi connectivity index (χ0v) is 14.6. The molecular weight excluding hydrogens is 357 g/mol. The average molecular weight is 372 g/mol. The average Bonchev–Trinajstić information content (AvgIpc) is 3.13. The van der Waals surface area contributed by atoms with Crippen molar-refractivity contribution in [2.75, 3.05) is 12.0 Å². The first-order chi connectivity index (χ1) is 12.6. The molecule has 0 radical (unpaired) electrons. The van der Waals surface area contributed by atoms with Crippen molar-refractivity contribution in [3.05, 3.63) is 76.8 Å². The van der Waals surface area contributed by atoms with E-state index in [0.29, 0.717) is 17.4 Å². The normalized spacial score (nSPS) is 16.2. The van der Waals surface area contributed by atoms with Crippen LogP contribution in [-0.4, -0.2) is 12.9 Å². The summed E-state index contributed by atoms with van der Waals surface area (Å²) in [6.07, 6.45) is 0.987. The second-order valence-corrected chi connectivity index (χ2v) is 6.17. The lowest BCUT2D eigenvalue weighted by Crippen LogP contribution is -2.42. The first-order valence-electron chi connectivity index (χ1n) is 7.89. The number of methoxy groups -OCH3 is 1. The highest BCUT2D eigenvalue weighted by Crippen LogP contribution is 2.38. The molecule has 0 aliphatic carbocycles. The summed E-state index contributed by atoms with van der Waals surface area (Å²) in [5.74, 6) is 1.26. The Morgan fingerprint density at radius 1 is 1.19 bits per heavy atom. The third-order valence-corrected chi connectivity index (χ3v) is 4.53. The zero-order valence-electron chi connectivity index (χ0n) is 13.8. The van der Waals surface area contributed by atoms with Crippen molar-refractivity contribution in [1.29, 1.82) is 0 Å². The van der Waals surface area contributed by atoms with Gasteiger partial charge >= 0.3 is 0 Å². The van der Waals surface area contributed by atoms with Crippen LogP contribution >= 0.6 is 11.6 Å². The van der Waals surface area contributed by atoms with E-state index in [1.54, 1.807) is 30.4 Å². The van der Waals surface area contributed by atoms with E-state index in [0.717, 1.165) is 16.9 Å². The van der Waals surface area contributed by atoms with Crippen LogP contribution < -0.4 is 15.4 Å². The van der Waals surface area contributed by atoms with Crippen LogP contribution in [0.5, 0.6) is 5.75 Å². The Morgan fingerprint density at radius 3 is 2.65 bits per heavy atom. The quantitative estimate of drug-likeness (QED) is 0.728. The molecule has 7 heteroatoms. The van der Waals surface area contributed by atoms with Crippen LogP contribution in [0.2, 0.25) is 5.02 Å². The van der Waals surface area contributed by atoms with Crippen molar-refractivity contribution in [2.45, 2.75) is 6.17 Å². The molecule has 2 heterocycles. The monoisotopic (exact) mass is 371 g/mol. The van der Waals surface area contributed by atoms with Crippen LogP contribution in [0.1, 0.15) is 17.3 Å². The van der Waals surface area contributed by atoms with E-state index in [9.17, 15) is 4.39 Å². The fourth-order valence-corrected chi connectivity index (χ4v) is 3.08. The Morgan fingerprint density at radius 2 is 1.96 bits per heavy atom. The molecule has 26 heavy (non-hydrogen) atoms. The SMILES string of the molecule is COc1ccc(C2=Nc3occc3C(N)N2c2ccc(F)c(Cl)c2)cc1. The van der Waals surface area contributed by atoms with Crippen LogP contribution in [0.3, 0.4) is 0 Å². The molecule has 0 bridgehead atoms. The minimum absolute atomic E-state index is 0.0155. The van der Waals surface area contributed by atoms with Crippen molar-refractivity contribution >= 4 is 29.0 Å². The minimum atomic E-state index is -0.556. The van der Waals surface area contributed by atoms with Crippen LogP contribution in [0, 0.1) is 5.82 Å². The number of fused-ring (bicyclic) bond motifs is 1. The van der Waals surface area contributed by atoms with Gasteiger partial charge in [-0.15, -0.1) is 0 Å². The predicted octanol–water partition coefficient (Wildman–Crippen LogP) is 4.64. The van der Waals surface area contributed by atoms with Crippen LogP contribution in [0.25, 0.3) is 0 Å². The van der Waals surface area contributed by atoms with Gasteiger partial charge in [0.15, 0.2) is 0 Å². The summed E-state index contributed by atoms with van der Waals surface area (Å²) >= 11 is 5.98. The Kier molecular flexibility index (Phi) is 4.14. The summed E-state index contributed by atoms with van der Waals surface area (Å²) in [5.41, 5.74) is 8.64. The summed E-state index contributed by atoms with van der Waals surface area (Å²) in [7, 11) is 1.60.